The molecule has 3 nitrogen and oxygen atoms in total. The van der Waals surface area contributed by atoms with Crippen molar-refractivity contribution in [2.24, 2.45) is 0 Å². The first-order valence-corrected chi connectivity index (χ1v) is 5.94. The van der Waals surface area contributed by atoms with E-state index >= 15 is 0 Å². The number of halogens is 4. The molecule has 96 valence electrons. The van der Waals surface area contributed by atoms with E-state index in [0.29, 0.717) is 5.56 Å². The molecule has 18 heavy (non-hydrogen) atoms. The number of anilines is 1. The van der Waals surface area contributed by atoms with E-state index in [2.05, 4.69) is 5.32 Å². The summed E-state index contributed by atoms with van der Waals surface area (Å²) in [4.78, 5) is 10.9. The quantitative estimate of drug-likeness (QED) is 0.748. The van der Waals surface area contributed by atoms with Gasteiger partial charge in [0.15, 0.2) is 6.04 Å². The van der Waals surface area contributed by atoms with Gasteiger partial charge in [-0.1, -0.05) is 0 Å². The van der Waals surface area contributed by atoms with Crippen molar-refractivity contribution in [1.82, 2.24) is 0 Å². The Bertz CT molecular complexity index is 540. The van der Waals surface area contributed by atoms with Gasteiger partial charge in [0.2, 0.25) is 0 Å². The Morgan fingerprint density at radius 3 is 2.61 bits per heavy atom. The number of carboxylic acids is 1. The summed E-state index contributed by atoms with van der Waals surface area (Å²) in [5, 5.41) is 11.1. The molecule has 1 aromatic rings. The summed E-state index contributed by atoms with van der Waals surface area (Å²) in [6, 6.07) is 2.60. The van der Waals surface area contributed by atoms with Crippen LogP contribution in [0.3, 0.4) is 0 Å². The van der Waals surface area contributed by atoms with Crippen LogP contribution in [-0.2, 0) is 4.79 Å². The molecule has 1 heterocycles. The lowest BCUT2D eigenvalue weighted by molar-refractivity contribution is -0.146. The number of aliphatic carboxylic acids is 1. The van der Waals surface area contributed by atoms with Crippen LogP contribution in [0, 0.1) is 3.57 Å². The Morgan fingerprint density at radius 2 is 2.06 bits per heavy atom. The van der Waals surface area contributed by atoms with Gasteiger partial charge in [-0.05, 0) is 52.4 Å². The van der Waals surface area contributed by atoms with Crippen LogP contribution in [0.25, 0.3) is 6.08 Å². The minimum absolute atomic E-state index is 0.280. The SMILES string of the molecule is O=C(O)C1=Cc2cc(I)ccc2N[C@@H]1C(F)(F)F. The van der Waals surface area contributed by atoms with E-state index in [9.17, 15) is 18.0 Å². The van der Waals surface area contributed by atoms with Crippen LogP contribution in [0.5, 0.6) is 0 Å². The van der Waals surface area contributed by atoms with Gasteiger partial charge < -0.3 is 10.4 Å². The van der Waals surface area contributed by atoms with Crippen molar-refractivity contribution >= 4 is 40.3 Å². The summed E-state index contributed by atoms with van der Waals surface area (Å²) in [5.74, 6) is -1.57. The Morgan fingerprint density at radius 1 is 1.39 bits per heavy atom. The molecule has 7 heteroatoms. The fourth-order valence-electron chi connectivity index (χ4n) is 1.71. The summed E-state index contributed by atoms with van der Waals surface area (Å²) >= 11 is 2.01. The first-order chi connectivity index (χ1) is 8.29. The maximum Gasteiger partial charge on any atom is 0.413 e. The molecule has 0 saturated heterocycles. The number of carboxylic acid groups (broad SMARTS) is 1. The third-order valence-corrected chi connectivity index (χ3v) is 3.18. The van der Waals surface area contributed by atoms with E-state index in [1.165, 1.54) is 6.07 Å². The first-order valence-electron chi connectivity index (χ1n) is 4.87. The summed E-state index contributed by atoms with van der Waals surface area (Å²) in [6.45, 7) is 0. The second kappa shape index (κ2) is 4.45. The van der Waals surface area contributed by atoms with Crippen molar-refractivity contribution in [3.05, 3.63) is 32.9 Å². The third kappa shape index (κ3) is 2.45. The van der Waals surface area contributed by atoms with E-state index in [-0.39, 0.29) is 5.69 Å². The summed E-state index contributed by atoms with van der Waals surface area (Å²) in [5.41, 5.74) is 0.0274. The number of fused-ring (bicyclic) bond motifs is 1. The van der Waals surface area contributed by atoms with Gasteiger partial charge >= 0.3 is 12.1 Å². The molecule has 1 atom stereocenters. The highest BCUT2D eigenvalue weighted by atomic mass is 127. The predicted octanol–water partition coefficient (Wildman–Crippen LogP) is 3.12. The van der Waals surface area contributed by atoms with E-state index in [1.807, 2.05) is 22.6 Å². The molecule has 1 aliphatic heterocycles. The fourth-order valence-corrected chi connectivity index (χ4v) is 2.23. The van der Waals surface area contributed by atoms with Gasteiger partial charge in [-0.25, -0.2) is 4.79 Å². The highest BCUT2D eigenvalue weighted by Crippen LogP contribution is 2.35. The molecule has 0 aliphatic carbocycles. The molecule has 0 spiro atoms. The second-order valence-electron chi connectivity index (χ2n) is 3.76. The molecule has 0 saturated carbocycles. The summed E-state index contributed by atoms with van der Waals surface area (Å²) < 4.78 is 39.1. The molecule has 0 unspecified atom stereocenters. The zero-order valence-electron chi connectivity index (χ0n) is 8.75. The van der Waals surface area contributed by atoms with Crippen molar-refractivity contribution in [2.45, 2.75) is 12.2 Å². The number of hydrogen-bond donors (Lipinski definition) is 2. The van der Waals surface area contributed by atoms with Crippen molar-refractivity contribution < 1.29 is 23.1 Å². The highest BCUT2D eigenvalue weighted by Gasteiger charge is 2.46. The molecule has 2 N–H and O–H groups in total. The molecule has 2 rings (SSSR count). The van der Waals surface area contributed by atoms with Crippen LogP contribution in [0.4, 0.5) is 18.9 Å². The Balaban J connectivity index is 2.53. The molecule has 1 aliphatic rings. The summed E-state index contributed by atoms with van der Waals surface area (Å²) in [7, 11) is 0. The zero-order chi connectivity index (χ0) is 13.5. The van der Waals surface area contributed by atoms with Gasteiger partial charge in [-0.2, -0.15) is 13.2 Å². The van der Waals surface area contributed by atoms with Crippen LogP contribution < -0.4 is 5.32 Å². The fraction of sp³-hybridized carbons (Fsp3) is 0.182. The minimum Gasteiger partial charge on any atom is -0.478 e. The van der Waals surface area contributed by atoms with Gasteiger partial charge in [0.1, 0.15) is 0 Å². The van der Waals surface area contributed by atoms with Gasteiger partial charge in [0.25, 0.3) is 0 Å². The van der Waals surface area contributed by atoms with Gasteiger partial charge in [-0.15, -0.1) is 0 Å². The van der Waals surface area contributed by atoms with Crippen LogP contribution in [0.1, 0.15) is 5.56 Å². The maximum absolute atomic E-state index is 12.8. The minimum atomic E-state index is -4.65. The van der Waals surface area contributed by atoms with Crippen molar-refractivity contribution in [3.8, 4) is 0 Å². The molecule has 0 radical (unpaired) electrons. The van der Waals surface area contributed by atoms with Crippen LogP contribution in [0.15, 0.2) is 23.8 Å². The molecular formula is C11H7F3INO2. The van der Waals surface area contributed by atoms with E-state index in [1.54, 1.807) is 12.1 Å². The number of hydrogen-bond acceptors (Lipinski definition) is 2. The lowest BCUT2D eigenvalue weighted by atomic mass is 9.97. The average molecular weight is 369 g/mol. The van der Waals surface area contributed by atoms with Crippen molar-refractivity contribution in [3.63, 3.8) is 0 Å². The van der Waals surface area contributed by atoms with Gasteiger partial charge in [0, 0.05) is 9.26 Å². The van der Waals surface area contributed by atoms with Gasteiger partial charge in [0.05, 0.1) is 5.57 Å². The smallest absolute Gasteiger partial charge is 0.413 e. The zero-order valence-corrected chi connectivity index (χ0v) is 10.9. The largest absolute Gasteiger partial charge is 0.478 e. The molecule has 1 aromatic carbocycles. The molecular weight excluding hydrogens is 362 g/mol. The molecule has 0 bridgehead atoms. The third-order valence-electron chi connectivity index (χ3n) is 2.51. The molecule has 0 fully saturated rings. The monoisotopic (exact) mass is 369 g/mol. The standard InChI is InChI=1S/C11H7F3INO2/c12-11(13,14)9-7(10(17)18)4-5-3-6(15)1-2-8(5)16-9/h1-4,9,16H,(H,17,18)/t9-/m0/s1. The predicted molar refractivity (Wildman–Crippen MR) is 68.2 cm³/mol. The number of nitrogens with one attached hydrogen (secondary N) is 1. The van der Waals surface area contributed by atoms with Crippen LogP contribution >= 0.6 is 22.6 Å². The lowest BCUT2D eigenvalue weighted by Gasteiger charge is -2.28. The topological polar surface area (TPSA) is 49.3 Å². The van der Waals surface area contributed by atoms with Crippen molar-refractivity contribution in [1.29, 1.82) is 0 Å². The second-order valence-corrected chi connectivity index (χ2v) is 5.00. The van der Waals surface area contributed by atoms with Crippen LogP contribution in [0.2, 0.25) is 0 Å². The number of rotatable bonds is 1. The lowest BCUT2D eigenvalue weighted by Crippen LogP contribution is -2.41. The maximum atomic E-state index is 12.8. The first kappa shape index (κ1) is 13.2. The number of benzene rings is 1. The van der Waals surface area contributed by atoms with E-state index < -0.39 is 23.8 Å². The summed E-state index contributed by atoms with van der Waals surface area (Å²) in [6.07, 6.45) is -3.58. The highest BCUT2D eigenvalue weighted by molar-refractivity contribution is 14.1. The van der Waals surface area contributed by atoms with E-state index in [0.717, 1.165) is 9.65 Å². The Labute approximate surface area is 114 Å². The van der Waals surface area contributed by atoms with E-state index in [4.69, 9.17) is 5.11 Å². The average Bonchev–Trinajstić information content (AvgIpc) is 2.25. The van der Waals surface area contributed by atoms with Gasteiger partial charge in [-0.3, -0.25) is 0 Å². The number of carbonyl (C=O) groups is 1. The normalized spacial score (nSPS) is 18.7. The van der Waals surface area contributed by atoms with Crippen molar-refractivity contribution in [2.75, 3.05) is 5.32 Å². The molecule has 0 aromatic heterocycles. The number of alkyl halides is 3. The Kier molecular flexibility index (Phi) is 3.26. The Hall–Kier alpha value is -1.25. The molecule has 0 amide bonds. The van der Waals surface area contributed by atoms with Crippen LogP contribution in [-0.4, -0.2) is 23.3 Å².